The monoisotopic (exact) mass is 734 g/mol. The Morgan fingerprint density at radius 1 is 1.12 bits per heavy atom. The van der Waals surface area contributed by atoms with Gasteiger partial charge in [-0.05, 0) is 76.6 Å². The number of amides is 1. The number of hydrogen-bond acceptors (Lipinski definition) is 9. The van der Waals surface area contributed by atoms with Gasteiger partial charge in [-0.1, -0.05) is 23.6 Å². The fraction of sp³-hybridized carbons (Fsp3) is 0.474. The topological polar surface area (TPSA) is 104 Å². The number of pyridine rings is 1. The number of piperazine rings is 1. The summed E-state index contributed by atoms with van der Waals surface area (Å²) >= 11 is 6.93. The number of terminal acetylenes is 1. The zero-order valence-electron chi connectivity index (χ0n) is 29.1. The SMILES string of the molecule is C#Cc1c(F)ccc2cc(O)cc(-c3nc(Cl)c4c(N5CC6CCC(C5)N6C(=O)OC(C)(C)C)nc(OC[C@@]56CCCN5C[C@H](F)C6)nc4c3F)c12. The Morgan fingerprint density at radius 3 is 2.58 bits per heavy atom. The average molecular weight is 735 g/mol. The van der Waals surface area contributed by atoms with Gasteiger partial charge < -0.3 is 19.5 Å². The molecule has 2 bridgehead atoms. The molecular weight excluding hydrogens is 697 g/mol. The van der Waals surface area contributed by atoms with Crippen LogP contribution in [0.15, 0.2) is 24.3 Å². The van der Waals surface area contributed by atoms with Crippen molar-refractivity contribution in [3.8, 4) is 35.4 Å². The van der Waals surface area contributed by atoms with Crippen LogP contribution in [0.2, 0.25) is 5.15 Å². The highest BCUT2D eigenvalue weighted by Crippen LogP contribution is 2.44. The molecule has 272 valence electrons. The number of phenols is 1. The minimum atomic E-state index is -0.978. The standard InChI is InChI=1S/C38H38ClF3N6O4/c1-5-25-27(41)10-7-20-13-24(49)14-26(28(20)25)31-30(42)32-29(33(39)43-31)34(45-35(44-32)51-19-38-11-6-12-47(38)16-21(40)15-38)46-17-22-8-9-23(18-46)48(22)36(50)52-37(2,3)4/h1,7,10,13-14,21-23,49H,6,8-9,11-12,15-19H2,2-4H3/t21-,22?,23?,38+/m1/s1. The lowest BCUT2D eigenvalue weighted by Gasteiger charge is -2.42. The molecule has 6 heterocycles. The maximum absolute atomic E-state index is 17.1. The van der Waals surface area contributed by atoms with Crippen molar-refractivity contribution in [1.29, 1.82) is 0 Å². The first-order valence-electron chi connectivity index (χ1n) is 17.5. The quantitative estimate of drug-likeness (QED) is 0.171. The van der Waals surface area contributed by atoms with Gasteiger partial charge in [0.2, 0.25) is 0 Å². The van der Waals surface area contributed by atoms with Gasteiger partial charge in [-0.15, -0.1) is 6.42 Å². The molecule has 0 aliphatic carbocycles. The average Bonchev–Trinajstić information content (AvgIpc) is 3.70. The maximum atomic E-state index is 17.1. The lowest BCUT2D eigenvalue weighted by Crippen LogP contribution is -2.57. The van der Waals surface area contributed by atoms with Crippen molar-refractivity contribution >= 4 is 45.2 Å². The summed E-state index contributed by atoms with van der Waals surface area (Å²) in [6.07, 6.45) is 7.77. The van der Waals surface area contributed by atoms with Crippen molar-refractivity contribution in [2.24, 2.45) is 0 Å². The van der Waals surface area contributed by atoms with Crippen LogP contribution in [0, 0.1) is 24.0 Å². The molecular formula is C38H38ClF3N6O4. The Balaban J connectivity index is 1.26. The van der Waals surface area contributed by atoms with Crippen LogP contribution in [0.5, 0.6) is 11.8 Å². The number of alkyl halides is 1. The number of anilines is 1. The summed E-state index contributed by atoms with van der Waals surface area (Å²) in [7, 11) is 0. The molecule has 2 aromatic heterocycles. The second-order valence-electron chi connectivity index (χ2n) is 15.3. The third-order valence-electron chi connectivity index (χ3n) is 10.8. The summed E-state index contributed by atoms with van der Waals surface area (Å²) in [5, 5.41) is 11.2. The van der Waals surface area contributed by atoms with E-state index in [0.29, 0.717) is 31.4 Å². The van der Waals surface area contributed by atoms with E-state index in [4.69, 9.17) is 32.5 Å². The van der Waals surface area contributed by atoms with Gasteiger partial charge in [0.25, 0.3) is 0 Å². The highest BCUT2D eigenvalue weighted by molar-refractivity contribution is 6.35. The fourth-order valence-corrected chi connectivity index (χ4v) is 8.91. The normalized spacial score (nSPS) is 24.5. The lowest BCUT2D eigenvalue weighted by atomic mass is 9.95. The molecule has 52 heavy (non-hydrogen) atoms. The van der Waals surface area contributed by atoms with Crippen molar-refractivity contribution < 1.29 is 32.5 Å². The van der Waals surface area contributed by atoms with E-state index in [0.717, 1.165) is 32.2 Å². The van der Waals surface area contributed by atoms with E-state index in [1.165, 1.54) is 24.3 Å². The zero-order chi connectivity index (χ0) is 36.7. The van der Waals surface area contributed by atoms with Gasteiger partial charge in [-0.3, -0.25) is 9.80 Å². The number of rotatable bonds is 5. The largest absolute Gasteiger partial charge is 0.508 e. The van der Waals surface area contributed by atoms with E-state index < -0.39 is 35.0 Å². The first-order valence-corrected chi connectivity index (χ1v) is 17.9. The number of nitrogens with zero attached hydrogens (tertiary/aromatic N) is 6. The van der Waals surface area contributed by atoms with Crippen LogP contribution in [0.3, 0.4) is 0 Å². The molecule has 0 saturated carbocycles. The first-order chi connectivity index (χ1) is 24.7. The molecule has 4 saturated heterocycles. The third-order valence-corrected chi connectivity index (χ3v) is 11.0. The number of phenolic OH excluding ortho intramolecular Hbond substituents is 1. The van der Waals surface area contributed by atoms with E-state index >= 15 is 4.39 Å². The van der Waals surface area contributed by atoms with Crippen molar-refractivity contribution in [2.45, 2.75) is 82.3 Å². The number of benzene rings is 2. The molecule has 4 aliphatic rings. The molecule has 4 atom stereocenters. The smallest absolute Gasteiger partial charge is 0.410 e. The maximum Gasteiger partial charge on any atom is 0.410 e. The molecule has 1 N–H and O–H groups in total. The molecule has 8 rings (SSSR count). The van der Waals surface area contributed by atoms with Crippen molar-refractivity contribution in [2.75, 3.05) is 37.7 Å². The van der Waals surface area contributed by atoms with Gasteiger partial charge in [0.05, 0.1) is 28.6 Å². The van der Waals surface area contributed by atoms with Crippen molar-refractivity contribution in [3.05, 3.63) is 46.6 Å². The van der Waals surface area contributed by atoms with Crippen LogP contribution in [0.1, 0.15) is 58.4 Å². The van der Waals surface area contributed by atoms with Crippen LogP contribution in [0.4, 0.5) is 23.8 Å². The summed E-state index contributed by atoms with van der Waals surface area (Å²) < 4.78 is 58.7. The van der Waals surface area contributed by atoms with Gasteiger partial charge in [0, 0.05) is 37.0 Å². The second kappa shape index (κ2) is 12.6. The third kappa shape index (κ3) is 5.80. The molecule has 0 spiro atoms. The number of ether oxygens (including phenoxy) is 2. The summed E-state index contributed by atoms with van der Waals surface area (Å²) in [6.45, 7) is 7.36. The van der Waals surface area contributed by atoms with Gasteiger partial charge in [-0.2, -0.15) is 9.97 Å². The molecule has 1 amide bonds. The molecule has 0 radical (unpaired) electrons. The molecule has 2 unspecified atom stereocenters. The Morgan fingerprint density at radius 2 is 1.87 bits per heavy atom. The zero-order valence-corrected chi connectivity index (χ0v) is 29.8. The number of carbonyl (C=O) groups is 1. The molecule has 10 nitrogen and oxygen atoms in total. The van der Waals surface area contributed by atoms with Crippen LogP contribution >= 0.6 is 11.6 Å². The Kier molecular flexibility index (Phi) is 8.34. The number of halogens is 4. The Bertz CT molecular complexity index is 2160. The van der Waals surface area contributed by atoms with E-state index in [9.17, 15) is 18.7 Å². The predicted molar refractivity (Wildman–Crippen MR) is 190 cm³/mol. The first kappa shape index (κ1) is 34.5. The molecule has 2 aromatic carbocycles. The van der Waals surface area contributed by atoms with E-state index in [1.807, 2.05) is 25.7 Å². The highest BCUT2D eigenvalue weighted by Gasteiger charge is 2.50. The fourth-order valence-electron chi connectivity index (χ4n) is 8.65. The second-order valence-corrected chi connectivity index (χ2v) is 15.7. The number of aromatic nitrogens is 3. The number of carbonyl (C=O) groups excluding carboxylic acids is 1. The molecule has 4 aromatic rings. The lowest BCUT2D eigenvalue weighted by molar-refractivity contribution is 0.0122. The van der Waals surface area contributed by atoms with Gasteiger partial charge in [0.1, 0.15) is 52.1 Å². The summed E-state index contributed by atoms with van der Waals surface area (Å²) in [5.41, 5.74) is -1.80. The van der Waals surface area contributed by atoms with Crippen LogP contribution in [-0.4, -0.2) is 98.1 Å². The summed E-state index contributed by atoms with van der Waals surface area (Å²) in [5.74, 6) is 0.791. The molecule has 4 fully saturated rings. The summed E-state index contributed by atoms with van der Waals surface area (Å²) in [4.78, 5) is 32.8. The van der Waals surface area contributed by atoms with Gasteiger partial charge in [0.15, 0.2) is 5.82 Å². The Hall–Kier alpha value is -4.54. The van der Waals surface area contributed by atoms with E-state index in [-0.39, 0.29) is 74.5 Å². The van der Waals surface area contributed by atoms with E-state index in [2.05, 4.69) is 20.8 Å². The number of aromatic hydroxyl groups is 1. The van der Waals surface area contributed by atoms with Crippen molar-refractivity contribution in [1.82, 2.24) is 24.8 Å². The van der Waals surface area contributed by atoms with Gasteiger partial charge >= 0.3 is 12.1 Å². The minimum absolute atomic E-state index is 0.0239. The minimum Gasteiger partial charge on any atom is -0.508 e. The van der Waals surface area contributed by atoms with Crippen LogP contribution < -0.4 is 9.64 Å². The molecule has 14 heteroatoms. The molecule has 4 aliphatic heterocycles. The van der Waals surface area contributed by atoms with Crippen molar-refractivity contribution in [3.63, 3.8) is 0 Å². The summed E-state index contributed by atoms with van der Waals surface area (Å²) in [6, 6.07) is 4.72. The van der Waals surface area contributed by atoms with E-state index in [1.54, 1.807) is 4.90 Å². The van der Waals surface area contributed by atoms with Crippen LogP contribution in [0.25, 0.3) is 32.9 Å². The predicted octanol–water partition coefficient (Wildman–Crippen LogP) is 7.01. The number of fused-ring (bicyclic) bond motifs is 5. The van der Waals surface area contributed by atoms with Crippen LogP contribution in [-0.2, 0) is 4.74 Å². The Labute approximate surface area is 303 Å². The van der Waals surface area contributed by atoms with Gasteiger partial charge in [-0.25, -0.2) is 22.9 Å². The highest BCUT2D eigenvalue weighted by atomic mass is 35.5. The number of hydrogen-bond donors (Lipinski definition) is 1.